The van der Waals surface area contributed by atoms with Crippen molar-refractivity contribution in [2.24, 2.45) is 5.73 Å². The summed E-state index contributed by atoms with van der Waals surface area (Å²) in [5, 5.41) is 2.76. The SMILES string of the molecule is NC(=S)c1ccccc1NC(=O)COCC1CCCCO1. The van der Waals surface area contributed by atoms with Crippen LogP contribution in [-0.4, -0.2) is 36.8 Å². The number of carbonyl (C=O) groups is 1. The molecular weight excluding hydrogens is 288 g/mol. The molecule has 1 unspecified atom stereocenters. The molecule has 2 rings (SSSR count). The van der Waals surface area contributed by atoms with Crippen LogP contribution in [0.3, 0.4) is 0 Å². The van der Waals surface area contributed by atoms with Crippen molar-refractivity contribution in [3.8, 4) is 0 Å². The molecule has 0 spiro atoms. The lowest BCUT2D eigenvalue weighted by atomic mass is 10.1. The zero-order valence-electron chi connectivity index (χ0n) is 11.8. The molecule has 0 saturated carbocycles. The fraction of sp³-hybridized carbons (Fsp3) is 0.467. The number of para-hydroxylation sites is 1. The van der Waals surface area contributed by atoms with Crippen molar-refractivity contribution in [2.45, 2.75) is 25.4 Å². The minimum Gasteiger partial charge on any atom is -0.389 e. The van der Waals surface area contributed by atoms with E-state index in [2.05, 4.69) is 5.32 Å². The lowest BCUT2D eigenvalue weighted by molar-refractivity contribution is -0.122. The normalized spacial score (nSPS) is 18.2. The molecule has 0 bridgehead atoms. The highest BCUT2D eigenvalue weighted by Crippen LogP contribution is 2.15. The van der Waals surface area contributed by atoms with Gasteiger partial charge in [0.2, 0.25) is 5.91 Å². The lowest BCUT2D eigenvalue weighted by Gasteiger charge is -2.22. The third kappa shape index (κ3) is 5.08. The van der Waals surface area contributed by atoms with Gasteiger partial charge in [-0.15, -0.1) is 0 Å². The Bertz CT molecular complexity index is 501. The van der Waals surface area contributed by atoms with E-state index >= 15 is 0 Å². The maximum atomic E-state index is 11.9. The number of nitrogens with two attached hydrogens (primary N) is 1. The van der Waals surface area contributed by atoms with Crippen LogP contribution >= 0.6 is 12.2 Å². The molecule has 1 aliphatic heterocycles. The largest absolute Gasteiger partial charge is 0.389 e. The Morgan fingerprint density at radius 3 is 2.95 bits per heavy atom. The van der Waals surface area contributed by atoms with Crippen LogP contribution in [0.25, 0.3) is 0 Å². The summed E-state index contributed by atoms with van der Waals surface area (Å²) in [4.78, 5) is 12.1. The van der Waals surface area contributed by atoms with E-state index in [9.17, 15) is 4.79 Å². The van der Waals surface area contributed by atoms with Crippen LogP contribution in [0.4, 0.5) is 5.69 Å². The molecule has 5 nitrogen and oxygen atoms in total. The molecule has 21 heavy (non-hydrogen) atoms. The number of nitrogens with one attached hydrogen (secondary N) is 1. The number of thiocarbonyl (C=S) groups is 1. The first-order valence-corrected chi connectivity index (χ1v) is 7.45. The number of benzene rings is 1. The monoisotopic (exact) mass is 308 g/mol. The second kappa shape index (κ2) is 8.07. The van der Waals surface area contributed by atoms with Gasteiger partial charge >= 0.3 is 0 Å². The van der Waals surface area contributed by atoms with Gasteiger partial charge in [0.15, 0.2) is 0 Å². The highest BCUT2D eigenvalue weighted by atomic mass is 32.1. The van der Waals surface area contributed by atoms with Crippen LogP contribution in [0, 0.1) is 0 Å². The molecule has 1 aromatic carbocycles. The van der Waals surface area contributed by atoms with Crippen molar-refractivity contribution >= 4 is 28.8 Å². The molecule has 6 heteroatoms. The highest BCUT2D eigenvalue weighted by Gasteiger charge is 2.15. The van der Waals surface area contributed by atoms with Gasteiger partial charge in [0.25, 0.3) is 0 Å². The molecule has 1 heterocycles. The van der Waals surface area contributed by atoms with Gasteiger partial charge in [0.05, 0.1) is 18.4 Å². The van der Waals surface area contributed by atoms with Crippen molar-refractivity contribution in [1.82, 2.24) is 0 Å². The van der Waals surface area contributed by atoms with E-state index in [1.54, 1.807) is 12.1 Å². The van der Waals surface area contributed by atoms with Crippen LogP contribution in [-0.2, 0) is 14.3 Å². The molecule has 3 N–H and O–H groups in total. The van der Waals surface area contributed by atoms with E-state index in [1.165, 1.54) is 0 Å². The molecule has 114 valence electrons. The Morgan fingerprint density at radius 1 is 1.43 bits per heavy atom. The first kappa shape index (κ1) is 15.9. The van der Waals surface area contributed by atoms with Crippen LogP contribution in [0.2, 0.25) is 0 Å². The number of amides is 1. The summed E-state index contributed by atoms with van der Waals surface area (Å²) in [7, 11) is 0. The molecule has 1 aliphatic rings. The first-order valence-electron chi connectivity index (χ1n) is 7.05. The summed E-state index contributed by atoms with van der Waals surface area (Å²) in [5.41, 5.74) is 6.87. The average molecular weight is 308 g/mol. The third-order valence-corrected chi connectivity index (χ3v) is 3.50. The van der Waals surface area contributed by atoms with Gasteiger partial charge in [-0.25, -0.2) is 0 Å². The standard InChI is InChI=1S/C15H20N2O3S/c16-15(21)12-6-1-2-7-13(12)17-14(18)10-19-9-11-5-3-4-8-20-11/h1-2,6-7,11H,3-5,8-10H2,(H2,16,21)(H,17,18). The first-order chi connectivity index (χ1) is 10.2. The van der Waals surface area contributed by atoms with Crippen molar-refractivity contribution in [2.75, 3.05) is 25.1 Å². The summed E-state index contributed by atoms with van der Waals surface area (Å²) in [6.45, 7) is 1.22. The number of hydrogen-bond acceptors (Lipinski definition) is 4. The van der Waals surface area contributed by atoms with E-state index in [1.807, 2.05) is 12.1 Å². The third-order valence-electron chi connectivity index (χ3n) is 3.28. The molecule has 1 atom stereocenters. The van der Waals surface area contributed by atoms with E-state index in [0.29, 0.717) is 17.9 Å². The molecule has 0 aliphatic carbocycles. The van der Waals surface area contributed by atoms with E-state index < -0.39 is 0 Å². The summed E-state index contributed by atoms with van der Waals surface area (Å²) < 4.78 is 10.9. The van der Waals surface area contributed by atoms with E-state index in [-0.39, 0.29) is 23.6 Å². The fourth-order valence-electron chi connectivity index (χ4n) is 2.22. The van der Waals surface area contributed by atoms with Gasteiger partial charge in [-0.1, -0.05) is 24.4 Å². The summed E-state index contributed by atoms with van der Waals surface area (Å²) in [5.74, 6) is -0.227. The van der Waals surface area contributed by atoms with Gasteiger partial charge in [0, 0.05) is 12.2 Å². The quantitative estimate of drug-likeness (QED) is 0.785. The van der Waals surface area contributed by atoms with Crippen molar-refractivity contribution < 1.29 is 14.3 Å². The van der Waals surface area contributed by atoms with E-state index in [0.717, 1.165) is 25.9 Å². The van der Waals surface area contributed by atoms with Crippen LogP contribution < -0.4 is 11.1 Å². The Balaban J connectivity index is 1.78. The highest BCUT2D eigenvalue weighted by molar-refractivity contribution is 7.80. The Morgan fingerprint density at radius 2 is 2.24 bits per heavy atom. The minimum atomic E-state index is -0.227. The topological polar surface area (TPSA) is 73.6 Å². The Labute approximate surface area is 129 Å². The molecule has 1 aromatic rings. The average Bonchev–Trinajstić information content (AvgIpc) is 2.48. The van der Waals surface area contributed by atoms with E-state index in [4.69, 9.17) is 27.4 Å². The zero-order valence-corrected chi connectivity index (χ0v) is 12.7. The lowest BCUT2D eigenvalue weighted by Crippen LogP contribution is -2.27. The molecular formula is C15H20N2O3S. The smallest absolute Gasteiger partial charge is 0.250 e. The number of anilines is 1. The molecule has 0 aromatic heterocycles. The Hall–Kier alpha value is -1.50. The minimum absolute atomic E-state index is 0.00841. The van der Waals surface area contributed by atoms with Gasteiger partial charge < -0.3 is 20.5 Å². The Kier molecular flexibility index (Phi) is 6.10. The number of ether oxygens (including phenoxy) is 2. The molecule has 1 fully saturated rings. The molecule has 1 saturated heterocycles. The van der Waals surface area contributed by atoms with Crippen LogP contribution in [0.5, 0.6) is 0 Å². The van der Waals surface area contributed by atoms with Crippen LogP contribution in [0.1, 0.15) is 24.8 Å². The van der Waals surface area contributed by atoms with Crippen molar-refractivity contribution in [1.29, 1.82) is 0 Å². The van der Waals surface area contributed by atoms with Crippen molar-refractivity contribution in [3.05, 3.63) is 29.8 Å². The predicted octanol–water partition coefficient (Wildman–Crippen LogP) is 1.85. The zero-order chi connectivity index (χ0) is 15.1. The fourth-order valence-corrected chi connectivity index (χ4v) is 2.39. The summed E-state index contributed by atoms with van der Waals surface area (Å²) >= 11 is 4.95. The second-order valence-corrected chi connectivity index (χ2v) is 5.40. The van der Waals surface area contributed by atoms with Crippen LogP contribution in [0.15, 0.2) is 24.3 Å². The van der Waals surface area contributed by atoms with Crippen molar-refractivity contribution in [3.63, 3.8) is 0 Å². The second-order valence-electron chi connectivity index (χ2n) is 4.96. The number of rotatable bonds is 6. The number of hydrogen-bond donors (Lipinski definition) is 2. The molecule has 1 amide bonds. The molecule has 0 radical (unpaired) electrons. The maximum Gasteiger partial charge on any atom is 0.250 e. The van der Waals surface area contributed by atoms with Gasteiger partial charge in [-0.3, -0.25) is 4.79 Å². The summed E-state index contributed by atoms with van der Waals surface area (Å²) in [6.07, 6.45) is 3.36. The predicted molar refractivity (Wildman–Crippen MR) is 85.4 cm³/mol. The number of carbonyl (C=O) groups excluding carboxylic acids is 1. The van der Waals surface area contributed by atoms with Gasteiger partial charge in [0.1, 0.15) is 11.6 Å². The summed E-state index contributed by atoms with van der Waals surface area (Å²) in [6, 6.07) is 7.17. The van der Waals surface area contributed by atoms with Gasteiger partial charge in [-0.2, -0.15) is 0 Å². The maximum absolute atomic E-state index is 11.9. The van der Waals surface area contributed by atoms with Gasteiger partial charge in [-0.05, 0) is 31.4 Å².